The highest BCUT2D eigenvalue weighted by molar-refractivity contribution is 5.17. The van der Waals surface area contributed by atoms with Crippen molar-refractivity contribution < 1.29 is 9.13 Å². The predicted molar refractivity (Wildman–Crippen MR) is 86.2 cm³/mol. The van der Waals surface area contributed by atoms with Gasteiger partial charge in [0.2, 0.25) is 0 Å². The lowest BCUT2D eigenvalue weighted by Crippen LogP contribution is -2.38. The van der Waals surface area contributed by atoms with Gasteiger partial charge < -0.3 is 10.1 Å². The smallest absolute Gasteiger partial charge is 0.127 e. The van der Waals surface area contributed by atoms with Crippen LogP contribution in [0.5, 0.6) is 0 Å². The quantitative estimate of drug-likeness (QED) is 0.874. The maximum absolute atomic E-state index is 13.7. The van der Waals surface area contributed by atoms with E-state index in [2.05, 4.69) is 10.2 Å². The van der Waals surface area contributed by atoms with E-state index >= 15 is 0 Å². The Morgan fingerprint density at radius 2 is 1.95 bits per heavy atom. The van der Waals surface area contributed by atoms with Crippen LogP contribution in [0.25, 0.3) is 0 Å². The molecule has 1 unspecified atom stereocenters. The second kappa shape index (κ2) is 8.04. The second-order valence-electron chi connectivity index (χ2n) is 6.60. The Morgan fingerprint density at radius 3 is 2.68 bits per heavy atom. The summed E-state index contributed by atoms with van der Waals surface area (Å²) in [6, 6.07) is 7.12. The fourth-order valence-electron chi connectivity index (χ4n) is 3.47. The maximum atomic E-state index is 13.7. The van der Waals surface area contributed by atoms with Crippen molar-refractivity contribution in [3.8, 4) is 0 Å². The minimum Gasteiger partial charge on any atom is -0.377 e. The first-order valence-corrected chi connectivity index (χ1v) is 8.59. The topological polar surface area (TPSA) is 24.5 Å². The van der Waals surface area contributed by atoms with Crippen LogP contribution in [0.1, 0.15) is 31.2 Å². The Morgan fingerprint density at radius 1 is 1.14 bits per heavy atom. The molecule has 0 amide bonds. The third-order valence-corrected chi connectivity index (χ3v) is 4.89. The summed E-state index contributed by atoms with van der Waals surface area (Å²) >= 11 is 0. The summed E-state index contributed by atoms with van der Waals surface area (Å²) in [6.45, 7) is 5.90. The average molecular weight is 306 g/mol. The van der Waals surface area contributed by atoms with Gasteiger partial charge in [-0.05, 0) is 57.3 Å². The monoisotopic (exact) mass is 306 g/mol. The van der Waals surface area contributed by atoms with E-state index in [1.165, 1.54) is 25.7 Å². The molecule has 1 aromatic carbocycles. The van der Waals surface area contributed by atoms with Crippen molar-refractivity contribution in [2.24, 2.45) is 5.92 Å². The number of likely N-dealkylation sites (tertiary alicyclic amines) is 1. The minimum absolute atomic E-state index is 0.0807. The van der Waals surface area contributed by atoms with Crippen molar-refractivity contribution >= 4 is 0 Å². The van der Waals surface area contributed by atoms with Crippen LogP contribution in [0.3, 0.4) is 0 Å². The minimum atomic E-state index is -0.0807. The number of nitrogens with one attached hydrogen (secondary N) is 1. The van der Waals surface area contributed by atoms with E-state index in [1.807, 2.05) is 12.1 Å². The number of rotatable bonds is 6. The van der Waals surface area contributed by atoms with Gasteiger partial charge in [0.15, 0.2) is 0 Å². The van der Waals surface area contributed by atoms with Crippen molar-refractivity contribution in [1.82, 2.24) is 10.2 Å². The molecule has 0 spiro atoms. The number of ether oxygens (including phenoxy) is 1. The van der Waals surface area contributed by atoms with Gasteiger partial charge in [0, 0.05) is 25.3 Å². The molecular formula is C18H27FN2O. The van der Waals surface area contributed by atoms with Crippen molar-refractivity contribution in [3.05, 3.63) is 35.6 Å². The number of piperidine rings is 1. The predicted octanol–water partition coefficient (Wildman–Crippen LogP) is 2.81. The standard InChI is InChI=1S/C18H27FN2O/c19-18-6-2-1-4-16(18)14-21-9-7-15(8-10-21)12-20-13-17-5-3-11-22-17/h1-2,4,6,15,17,20H,3,5,7-14H2. The molecule has 3 rings (SSSR count). The summed E-state index contributed by atoms with van der Waals surface area (Å²) in [7, 11) is 0. The molecule has 2 fully saturated rings. The maximum Gasteiger partial charge on any atom is 0.127 e. The molecule has 2 heterocycles. The summed E-state index contributed by atoms with van der Waals surface area (Å²) in [5.74, 6) is 0.668. The SMILES string of the molecule is Fc1ccccc1CN1CCC(CNCC2CCCO2)CC1. The zero-order valence-electron chi connectivity index (χ0n) is 13.3. The lowest BCUT2D eigenvalue weighted by Gasteiger charge is -2.32. The summed E-state index contributed by atoms with van der Waals surface area (Å²) in [5, 5.41) is 3.57. The molecule has 0 radical (unpaired) electrons. The van der Waals surface area contributed by atoms with Crippen LogP contribution < -0.4 is 5.32 Å². The van der Waals surface area contributed by atoms with Crippen LogP contribution >= 0.6 is 0 Å². The van der Waals surface area contributed by atoms with Crippen molar-refractivity contribution in [2.45, 2.75) is 38.3 Å². The number of benzene rings is 1. The van der Waals surface area contributed by atoms with E-state index < -0.39 is 0 Å². The van der Waals surface area contributed by atoms with Gasteiger partial charge in [-0.15, -0.1) is 0 Å². The molecule has 122 valence electrons. The van der Waals surface area contributed by atoms with Crippen molar-refractivity contribution in [1.29, 1.82) is 0 Å². The van der Waals surface area contributed by atoms with Gasteiger partial charge >= 0.3 is 0 Å². The largest absolute Gasteiger partial charge is 0.377 e. The highest BCUT2D eigenvalue weighted by Gasteiger charge is 2.21. The molecule has 1 N–H and O–H groups in total. The normalized spacial score (nSPS) is 24.0. The van der Waals surface area contributed by atoms with Gasteiger partial charge in [-0.1, -0.05) is 18.2 Å². The summed E-state index contributed by atoms with van der Waals surface area (Å²) in [4.78, 5) is 2.37. The zero-order valence-corrected chi connectivity index (χ0v) is 13.3. The van der Waals surface area contributed by atoms with Crippen LogP contribution in [0.2, 0.25) is 0 Å². The highest BCUT2D eigenvalue weighted by atomic mass is 19.1. The lowest BCUT2D eigenvalue weighted by molar-refractivity contribution is 0.107. The van der Waals surface area contributed by atoms with Gasteiger partial charge in [0.1, 0.15) is 5.82 Å². The summed E-state index contributed by atoms with van der Waals surface area (Å²) in [5.41, 5.74) is 0.817. The van der Waals surface area contributed by atoms with E-state index in [1.54, 1.807) is 12.1 Å². The molecule has 1 atom stereocenters. The molecular weight excluding hydrogens is 279 g/mol. The van der Waals surface area contributed by atoms with Gasteiger partial charge in [0.05, 0.1) is 6.10 Å². The van der Waals surface area contributed by atoms with Crippen LogP contribution in [-0.2, 0) is 11.3 Å². The molecule has 2 aliphatic heterocycles. The Bertz CT molecular complexity index is 454. The molecule has 1 aromatic rings. The summed E-state index contributed by atoms with van der Waals surface area (Å²) < 4.78 is 19.3. The van der Waals surface area contributed by atoms with Crippen LogP contribution in [0, 0.1) is 11.7 Å². The number of hydrogen-bond donors (Lipinski definition) is 1. The van der Waals surface area contributed by atoms with E-state index in [0.29, 0.717) is 6.10 Å². The zero-order chi connectivity index (χ0) is 15.2. The van der Waals surface area contributed by atoms with Gasteiger partial charge in [-0.3, -0.25) is 4.90 Å². The van der Waals surface area contributed by atoms with Crippen molar-refractivity contribution in [2.75, 3.05) is 32.8 Å². The molecule has 22 heavy (non-hydrogen) atoms. The van der Waals surface area contributed by atoms with E-state index in [9.17, 15) is 4.39 Å². The second-order valence-corrected chi connectivity index (χ2v) is 6.60. The van der Waals surface area contributed by atoms with Crippen LogP contribution in [0.4, 0.5) is 4.39 Å². The first-order valence-electron chi connectivity index (χ1n) is 8.59. The van der Waals surface area contributed by atoms with E-state index in [-0.39, 0.29) is 5.82 Å². The lowest BCUT2D eigenvalue weighted by atomic mass is 9.96. The third kappa shape index (κ3) is 4.51. The molecule has 2 saturated heterocycles. The first kappa shape index (κ1) is 15.9. The van der Waals surface area contributed by atoms with Crippen LogP contribution in [0.15, 0.2) is 24.3 Å². The Kier molecular flexibility index (Phi) is 5.82. The van der Waals surface area contributed by atoms with Gasteiger partial charge in [-0.25, -0.2) is 4.39 Å². The van der Waals surface area contributed by atoms with Gasteiger partial charge in [-0.2, -0.15) is 0 Å². The van der Waals surface area contributed by atoms with Crippen LogP contribution in [-0.4, -0.2) is 43.8 Å². The number of nitrogens with zero attached hydrogens (tertiary/aromatic N) is 1. The van der Waals surface area contributed by atoms with E-state index in [0.717, 1.165) is 50.8 Å². The molecule has 0 aliphatic carbocycles. The number of hydrogen-bond acceptors (Lipinski definition) is 3. The summed E-state index contributed by atoms with van der Waals surface area (Å²) in [6.07, 6.45) is 5.25. The molecule has 0 bridgehead atoms. The number of halogens is 1. The molecule has 0 saturated carbocycles. The Hall–Kier alpha value is -0.970. The van der Waals surface area contributed by atoms with E-state index in [4.69, 9.17) is 4.74 Å². The molecule has 2 aliphatic rings. The highest BCUT2D eigenvalue weighted by Crippen LogP contribution is 2.19. The van der Waals surface area contributed by atoms with Crippen molar-refractivity contribution in [3.63, 3.8) is 0 Å². The molecule has 0 aromatic heterocycles. The Labute approximate surface area is 132 Å². The first-order chi connectivity index (χ1) is 10.8. The fourth-order valence-corrected chi connectivity index (χ4v) is 3.47. The third-order valence-electron chi connectivity index (χ3n) is 4.89. The Balaban J connectivity index is 1.34. The van der Waals surface area contributed by atoms with Gasteiger partial charge in [0.25, 0.3) is 0 Å². The average Bonchev–Trinajstić information content (AvgIpc) is 3.05. The fraction of sp³-hybridized carbons (Fsp3) is 0.667. The molecule has 4 heteroatoms. The molecule has 3 nitrogen and oxygen atoms in total.